The van der Waals surface area contributed by atoms with E-state index >= 15 is 0 Å². The van der Waals surface area contributed by atoms with Crippen molar-refractivity contribution in [3.05, 3.63) is 28.8 Å². The Hall–Kier alpha value is -0.620. The number of hydrogen-bond donors (Lipinski definition) is 1. The average Bonchev–Trinajstić information content (AvgIpc) is 2.38. The molecular weight excluding hydrogens is 308 g/mol. The highest BCUT2D eigenvalue weighted by Gasteiger charge is 2.15. The maximum Gasteiger partial charge on any atom is 0.175 e. The van der Waals surface area contributed by atoms with Crippen LogP contribution >= 0.6 is 11.6 Å². The molecule has 0 unspecified atom stereocenters. The molecule has 120 valence electrons. The number of halogens is 1. The fraction of sp³-hybridized carbons (Fsp3) is 0.600. The second-order valence-electron chi connectivity index (χ2n) is 5.59. The van der Waals surface area contributed by atoms with Crippen molar-refractivity contribution in [3.8, 4) is 0 Å². The van der Waals surface area contributed by atoms with Crippen LogP contribution < -0.4 is 5.32 Å². The van der Waals surface area contributed by atoms with Crippen LogP contribution in [0.1, 0.15) is 25.8 Å². The quantitative estimate of drug-likeness (QED) is 0.743. The van der Waals surface area contributed by atoms with Crippen molar-refractivity contribution < 1.29 is 8.42 Å². The third kappa shape index (κ3) is 5.94. The van der Waals surface area contributed by atoms with E-state index in [4.69, 9.17) is 11.6 Å². The predicted molar refractivity (Wildman–Crippen MR) is 88.7 cm³/mol. The van der Waals surface area contributed by atoms with E-state index in [-0.39, 0.29) is 0 Å². The van der Waals surface area contributed by atoms with Gasteiger partial charge in [0.2, 0.25) is 0 Å². The lowest BCUT2D eigenvalue weighted by atomic mass is 10.2. The SMILES string of the molecule is CC(C)N(C)CCCNCc1c(Cl)cccc1S(C)(=O)=O. The van der Waals surface area contributed by atoms with E-state index < -0.39 is 9.84 Å². The Morgan fingerprint density at radius 2 is 2.00 bits per heavy atom. The van der Waals surface area contributed by atoms with Crippen LogP contribution in [-0.2, 0) is 16.4 Å². The van der Waals surface area contributed by atoms with E-state index in [1.54, 1.807) is 18.2 Å². The van der Waals surface area contributed by atoms with Crippen molar-refractivity contribution in [2.45, 2.75) is 37.8 Å². The lowest BCUT2D eigenvalue weighted by Gasteiger charge is -2.20. The van der Waals surface area contributed by atoms with Crippen LogP contribution in [0.2, 0.25) is 5.02 Å². The minimum atomic E-state index is -3.26. The molecule has 0 radical (unpaired) electrons. The Kier molecular flexibility index (Phi) is 7.13. The lowest BCUT2D eigenvalue weighted by molar-refractivity contribution is 0.269. The molecule has 0 atom stereocenters. The zero-order valence-electron chi connectivity index (χ0n) is 13.2. The molecule has 0 fully saturated rings. The van der Waals surface area contributed by atoms with E-state index in [9.17, 15) is 8.42 Å². The fourth-order valence-corrected chi connectivity index (χ4v) is 3.24. The van der Waals surface area contributed by atoms with Crippen molar-refractivity contribution in [1.29, 1.82) is 0 Å². The molecule has 1 rings (SSSR count). The Morgan fingerprint density at radius 3 is 2.57 bits per heavy atom. The van der Waals surface area contributed by atoms with Crippen LogP contribution in [-0.4, -0.2) is 45.8 Å². The summed E-state index contributed by atoms with van der Waals surface area (Å²) in [6.07, 6.45) is 2.22. The van der Waals surface area contributed by atoms with Gasteiger partial charge in [0.1, 0.15) is 0 Å². The average molecular weight is 333 g/mol. The number of nitrogens with one attached hydrogen (secondary N) is 1. The molecule has 0 aromatic heterocycles. The fourth-order valence-electron chi connectivity index (χ4n) is 1.98. The predicted octanol–water partition coefficient (Wildman–Crippen LogP) is 2.56. The number of sulfone groups is 1. The highest BCUT2D eigenvalue weighted by Crippen LogP contribution is 2.23. The summed E-state index contributed by atoms with van der Waals surface area (Å²) >= 11 is 6.13. The van der Waals surface area contributed by atoms with Gasteiger partial charge in [0.25, 0.3) is 0 Å². The second-order valence-corrected chi connectivity index (χ2v) is 7.98. The van der Waals surface area contributed by atoms with Gasteiger partial charge in [-0.15, -0.1) is 0 Å². The molecule has 0 spiro atoms. The molecule has 0 saturated carbocycles. The largest absolute Gasteiger partial charge is 0.313 e. The first kappa shape index (κ1) is 18.4. The summed E-state index contributed by atoms with van der Waals surface area (Å²) in [5.41, 5.74) is 0.652. The molecule has 6 heteroatoms. The van der Waals surface area contributed by atoms with Crippen LogP contribution in [0.4, 0.5) is 0 Å². The van der Waals surface area contributed by atoms with Crippen molar-refractivity contribution in [1.82, 2.24) is 10.2 Å². The van der Waals surface area contributed by atoms with Crippen molar-refractivity contribution in [3.63, 3.8) is 0 Å². The Labute approximate surface area is 133 Å². The van der Waals surface area contributed by atoms with Crippen molar-refractivity contribution >= 4 is 21.4 Å². The van der Waals surface area contributed by atoms with Gasteiger partial charge in [0.15, 0.2) is 9.84 Å². The van der Waals surface area contributed by atoms with Crippen LogP contribution in [0, 0.1) is 0 Å². The molecule has 0 aliphatic heterocycles. The Morgan fingerprint density at radius 1 is 1.33 bits per heavy atom. The van der Waals surface area contributed by atoms with Gasteiger partial charge in [-0.1, -0.05) is 17.7 Å². The van der Waals surface area contributed by atoms with E-state index in [0.29, 0.717) is 28.1 Å². The molecule has 0 aliphatic carbocycles. The minimum absolute atomic E-state index is 0.307. The summed E-state index contributed by atoms with van der Waals surface area (Å²) in [4.78, 5) is 2.58. The van der Waals surface area contributed by atoms with Crippen LogP contribution in [0.3, 0.4) is 0 Å². The van der Waals surface area contributed by atoms with E-state index in [0.717, 1.165) is 19.5 Å². The van der Waals surface area contributed by atoms with Gasteiger partial charge < -0.3 is 10.2 Å². The third-order valence-corrected chi connectivity index (χ3v) is 5.06. The normalized spacial score (nSPS) is 12.3. The summed E-state index contributed by atoms with van der Waals surface area (Å²) in [6.45, 7) is 6.62. The zero-order chi connectivity index (χ0) is 16.0. The molecule has 0 amide bonds. The first-order valence-electron chi connectivity index (χ1n) is 7.12. The number of nitrogens with zero attached hydrogens (tertiary/aromatic N) is 1. The minimum Gasteiger partial charge on any atom is -0.313 e. The topological polar surface area (TPSA) is 49.4 Å². The summed E-state index contributed by atoms with van der Waals surface area (Å²) < 4.78 is 23.5. The first-order chi connectivity index (χ1) is 9.73. The standard InChI is InChI=1S/C15H25ClN2O2S/c1-12(2)18(3)10-6-9-17-11-13-14(16)7-5-8-15(13)21(4,19)20/h5,7-8,12,17H,6,9-11H2,1-4H3. The molecule has 0 heterocycles. The number of rotatable bonds is 8. The monoisotopic (exact) mass is 332 g/mol. The highest BCUT2D eigenvalue weighted by molar-refractivity contribution is 7.90. The summed E-state index contributed by atoms with van der Waals surface area (Å²) in [6, 6.07) is 5.52. The van der Waals surface area contributed by atoms with Gasteiger partial charge >= 0.3 is 0 Å². The molecule has 1 aromatic rings. The highest BCUT2D eigenvalue weighted by atomic mass is 35.5. The zero-order valence-corrected chi connectivity index (χ0v) is 14.8. The maximum atomic E-state index is 11.8. The number of benzene rings is 1. The van der Waals surface area contributed by atoms with E-state index in [1.165, 1.54) is 6.26 Å². The van der Waals surface area contributed by atoms with Crippen LogP contribution in [0.25, 0.3) is 0 Å². The molecule has 0 saturated heterocycles. The first-order valence-corrected chi connectivity index (χ1v) is 9.39. The van der Waals surface area contributed by atoms with Crippen LogP contribution in [0.15, 0.2) is 23.1 Å². The van der Waals surface area contributed by atoms with Gasteiger partial charge in [0.05, 0.1) is 4.90 Å². The van der Waals surface area contributed by atoms with Crippen molar-refractivity contribution in [2.24, 2.45) is 0 Å². The summed E-state index contributed by atoms with van der Waals surface area (Å²) in [5.74, 6) is 0. The van der Waals surface area contributed by atoms with Gasteiger partial charge in [0, 0.05) is 29.4 Å². The molecule has 0 bridgehead atoms. The molecule has 21 heavy (non-hydrogen) atoms. The smallest absolute Gasteiger partial charge is 0.175 e. The van der Waals surface area contributed by atoms with E-state index in [1.807, 2.05) is 0 Å². The second kappa shape index (κ2) is 8.13. The van der Waals surface area contributed by atoms with Gasteiger partial charge in [-0.2, -0.15) is 0 Å². The Bertz CT molecular complexity index is 559. The molecule has 1 aromatic carbocycles. The van der Waals surface area contributed by atoms with Gasteiger partial charge in [-0.25, -0.2) is 8.42 Å². The van der Waals surface area contributed by atoms with E-state index in [2.05, 4.69) is 31.1 Å². The summed E-state index contributed by atoms with van der Waals surface area (Å²) in [5, 5.41) is 3.76. The molecule has 1 N–H and O–H groups in total. The van der Waals surface area contributed by atoms with Crippen LogP contribution in [0.5, 0.6) is 0 Å². The van der Waals surface area contributed by atoms with Gasteiger partial charge in [-0.05, 0) is 52.5 Å². The maximum absolute atomic E-state index is 11.8. The summed E-state index contributed by atoms with van der Waals surface area (Å²) in [7, 11) is -1.16. The third-order valence-electron chi connectivity index (χ3n) is 3.52. The molecular formula is C15H25ClN2O2S. The number of hydrogen-bond acceptors (Lipinski definition) is 4. The lowest BCUT2D eigenvalue weighted by Crippen LogP contribution is -2.29. The van der Waals surface area contributed by atoms with Crippen molar-refractivity contribution in [2.75, 3.05) is 26.4 Å². The van der Waals surface area contributed by atoms with Gasteiger partial charge in [-0.3, -0.25) is 0 Å². The Balaban J connectivity index is 2.57. The molecule has 0 aliphatic rings. The molecule has 4 nitrogen and oxygen atoms in total.